The molecule has 0 spiro atoms. The van der Waals surface area contributed by atoms with E-state index in [-0.39, 0.29) is 11.7 Å². The van der Waals surface area contributed by atoms with Gasteiger partial charge in [0.05, 0.1) is 6.61 Å². The molecular weight excluding hydrogens is 232 g/mol. The molecule has 0 amide bonds. The van der Waals surface area contributed by atoms with Crippen molar-refractivity contribution >= 4 is 5.97 Å². The molecule has 1 aromatic rings. The molecular formula is C14H20O4. The maximum Gasteiger partial charge on any atom is 0.335 e. The summed E-state index contributed by atoms with van der Waals surface area (Å²) in [6, 6.07) is 5.08. The largest absolute Gasteiger partial charge is 0.508 e. The zero-order valence-electron chi connectivity index (χ0n) is 11.1. The van der Waals surface area contributed by atoms with Crippen LogP contribution in [0.1, 0.15) is 25.0 Å². The predicted molar refractivity (Wildman–Crippen MR) is 68.6 cm³/mol. The van der Waals surface area contributed by atoms with E-state index < -0.39 is 6.10 Å². The summed E-state index contributed by atoms with van der Waals surface area (Å²) in [5.41, 5.74) is 1.91. The summed E-state index contributed by atoms with van der Waals surface area (Å²) in [7, 11) is 0. The highest BCUT2D eigenvalue weighted by atomic mass is 16.6. The number of aromatic hydroxyl groups is 1. The monoisotopic (exact) mass is 252 g/mol. The minimum atomic E-state index is -0.585. The van der Waals surface area contributed by atoms with Crippen molar-refractivity contribution in [3.05, 3.63) is 29.3 Å². The summed E-state index contributed by atoms with van der Waals surface area (Å²) in [6.07, 6.45) is -0.128. The molecule has 0 aliphatic rings. The Labute approximate surface area is 108 Å². The van der Waals surface area contributed by atoms with Gasteiger partial charge in [0, 0.05) is 13.0 Å². The molecule has 4 nitrogen and oxygen atoms in total. The van der Waals surface area contributed by atoms with Gasteiger partial charge in [-0.25, -0.2) is 4.79 Å². The molecule has 0 heterocycles. The van der Waals surface area contributed by atoms with Gasteiger partial charge in [-0.2, -0.15) is 0 Å². The lowest BCUT2D eigenvalue weighted by atomic mass is 10.0. The number of carbonyl (C=O) groups excluding carboxylic acids is 1. The maximum atomic E-state index is 11.7. The summed E-state index contributed by atoms with van der Waals surface area (Å²) >= 11 is 0. The minimum absolute atomic E-state index is 0.223. The van der Waals surface area contributed by atoms with Gasteiger partial charge in [-0.05, 0) is 44.0 Å². The fraction of sp³-hybridized carbons (Fsp3) is 0.500. The van der Waals surface area contributed by atoms with Crippen molar-refractivity contribution in [3.8, 4) is 5.75 Å². The highest BCUT2D eigenvalue weighted by molar-refractivity contribution is 5.75. The Bertz CT molecular complexity index is 401. The van der Waals surface area contributed by atoms with Crippen molar-refractivity contribution in [2.24, 2.45) is 0 Å². The third-order valence-corrected chi connectivity index (χ3v) is 2.65. The van der Waals surface area contributed by atoms with Gasteiger partial charge < -0.3 is 14.6 Å². The van der Waals surface area contributed by atoms with Gasteiger partial charge in [-0.3, -0.25) is 0 Å². The van der Waals surface area contributed by atoms with Gasteiger partial charge in [-0.1, -0.05) is 6.07 Å². The first-order chi connectivity index (χ1) is 8.58. The van der Waals surface area contributed by atoms with Crippen molar-refractivity contribution < 1.29 is 19.4 Å². The smallest absolute Gasteiger partial charge is 0.335 e. The zero-order chi connectivity index (χ0) is 13.5. The Hall–Kier alpha value is -1.55. The van der Waals surface area contributed by atoms with Gasteiger partial charge in [-0.15, -0.1) is 0 Å². The van der Waals surface area contributed by atoms with Crippen LogP contribution in [0.15, 0.2) is 18.2 Å². The molecule has 0 aliphatic carbocycles. The molecule has 1 aromatic carbocycles. The molecule has 1 N–H and O–H groups in total. The molecule has 100 valence electrons. The lowest BCUT2D eigenvalue weighted by Gasteiger charge is -2.16. The fourth-order valence-electron chi connectivity index (χ4n) is 1.76. The molecule has 0 saturated heterocycles. The van der Waals surface area contributed by atoms with Crippen LogP contribution in [-0.4, -0.2) is 30.4 Å². The first-order valence-electron chi connectivity index (χ1n) is 6.15. The summed E-state index contributed by atoms with van der Waals surface area (Å²) in [4.78, 5) is 11.7. The van der Waals surface area contributed by atoms with Crippen molar-refractivity contribution in [2.45, 2.75) is 33.3 Å². The average Bonchev–Trinajstić information content (AvgIpc) is 2.32. The summed E-state index contributed by atoms with van der Waals surface area (Å²) in [5.74, 6) is -0.118. The number of esters is 1. The predicted octanol–water partition coefficient (Wildman–Crippen LogP) is 2.21. The molecule has 0 aliphatic heterocycles. The molecule has 0 saturated carbocycles. The number of hydrogen-bond acceptors (Lipinski definition) is 4. The van der Waals surface area contributed by atoms with Gasteiger partial charge in [0.1, 0.15) is 5.75 Å². The molecule has 1 rings (SSSR count). The third kappa shape index (κ3) is 4.04. The van der Waals surface area contributed by atoms with E-state index in [2.05, 4.69) is 0 Å². The molecule has 18 heavy (non-hydrogen) atoms. The summed E-state index contributed by atoms with van der Waals surface area (Å²) < 4.78 is 10.4. The van der Waals surface area contributed by atoms with E-state index in [0.717, 1.165) is 11.1 Å². The van der Waals surface area contributed by atoms with E-state index in [0.29, 0.717) is 19.6 Å². The standard InChI is InChI=1S/C14H20O4/c1-4-17-13(14(16)18-5-2)9-11-6-7-12(15)8-10(11)3/h6-8,13,15H,4-5,9H2,1-3H3. The number of phenolic OH excluding ortho intramolecular Hbond substituents is 1. The Balaban J connectivity index is 2.79. The Kier molecular flexibility index (Phi) is 5.65. The van der Waals surface area contributed by atoms with E-state index in [1.54, 1.807) is 25.1 Å². The van der Waals surface area contributed by atoms with Crippen LogP contribution in [0.5, 0.6) is 5.75 Å². The average molecular weight is 252 g/mol. The lowest BCUT2D eigenvalue weighted by molar-refractivity contribution is -0.156. The highest BCUT2D eigenvalue weighted by Gasteiger charge is 2.21. The second kappa shape index (κ2) is 7.01. The third-order valence-electron chi connectivity index (χ3n) is 2.65. The molecule has 0 aromatic heterocycles. The van der Waals surface area contributed by atoms with Gasteiger partial charge in [0.25, 0.3) is 0 Å². The number of rotatable bonds is 6. The molecule has 0 fully saturated rings. The van der Waals surface area contributed by atoms with E-state index in [1.807, 2.05) is 13.8 Å². The van der Waals surface area contributed by atoms with Crippen molar-refractivity contribution in [1.29, 1.82) is 0 Å². The van der Waals surface area contributed by atoms with Gasteiger partial charge in [0.2, 0.25) is 0 Å². The molecule has 0 radical (unpaired) electrons. The Morgan fingerprint density at radius 1 is 1.33 bits per heavy atom. The number of hydrogen-bond donors (Lipinski definition) is 1. The number of carbonyl (C=O) groups is 1. The number of aryl methyl sites for hydroxylation is 1. The summed E-state index contributed by atoms with van der Waals surface area (Å²) in [5, 5.41) is 9.35. The van der Waals surface area contributed by atoms with E-state index in [4.69, 9.17) is 9.47 Å². The first-order valence-corrected chi connectivity index (χ1v) is 6.15. The molecule has 1 atom stereocenters. The van der Waals surface area contributed by atoms with E-state index in [1.165, 1.54) is 0 Å². The quantitative estimate of drug-likeness (QED) is 0.789. The van der Waals surface area contributed by atoms with Gasteiger partial charge >= 0.3 is 5.97 Å². The molecule has 1 unspecified atom stereocenters. The second-order valence-corrected chi connectivity index (χ2v) is 4.01. The van der Waals surface area contributed by atoms with Crippen LogP contribution >= 0.6 is 0 Å². The number of benzene rings is 1. The first kappa shape index (κ1) is 14.5. The van der Waals surface area contributed by atoms with Crippen LogP contribution in [0.4, 0.5) is 0 Å². The van der Waals surface area contributed by atoms with Gasteiger partial charge in [0.15, 0.2) is 6.10 Å². The topological polar surface area (TPSA) is 55.8 Å². The highest BCUT2D eigenvalue weighted by Crippen LogP contribution is 2.18. The maximum absolute atomic E-state index is 11.7. The van der Waals surface area contributed by atoms with Crippen LogP contribution < -0.4 is 0 Å². The molecule has 4 heteroatoms. The van der Waals surface area contributed by atoms with Crippen LogP contribution in [0.2, 0.25) is 0 Å². The molecule has 0 bridgehead atoms. The fourth-order valence-corrected chi connectivity index (χ4v) is 1.76. The van der Waals surface area contributed by atoms with Crippen molar-refractivity contribution in [2.75, 3.05) is 13.2 Å². The van der Waals surface area contributed by atoms with Crippen LogP contribution in [0.25, 0.3) is 0 Å². The second-order valence-electron chi connectivity index (χ2n) is 4.01. The van der Waals surface area contributed by atoms with Crippen LogP contribution in [0, 0.1) is 6.92 Å². The number of ether oxygens (including phenoxy) is 2. The minimum Gasteiger partial charge on any atom is -0.508 e. The van der Waals surface area contributed by atoms with Crippen molar-refractivity contribution in [1.82, 2.24) is 0 Å². The Morgan fingerprint density at radius 3 is 2.61 bits per heavy atom. The van der Waals surface area contributed by atoms with E-state index in [9.17, 15) is 9.90 Å². The lowest BCUT2D eigenvalue weighted by Crippen LogP contribution is -2.29. The number of phenols is 1. The zero-order valence-corrected chi connectivity index (χ0v) is 11.1. The van der Waals surface area contributed by atoms with E-state index >= 15 is 0 Å². The normalized spacial score (nSPS) is 12.2. The Morgan fingerprint density at radius 2 is 2.06 bits per heavy atom. The van der Waals surface area contributed by atoms with Crippen LogP contribution in [0.3, 0.4) is 0 Å². The van der Waals surface area contributed by atoms with Crippen molar-refractivity contribution in [3.63, 3.8) is 0 Å². The summed E-state index contributed by atoms with van der Waals surface area (Å²) in [6.45, 7) is 6.31. The van der Waals surface area contributed by atoms with Crippen LogP contribution in [-0.2, 0) is 20.7 Å². The SMILES string of the molecule is CCOC(=O)C(Cc1ccc(O)cc1C)OCC.